The normalized spacial score (nSPS) is 18.3. The molecule has 1 aliphatic rings. The lowest BCUT2D eigenvalue weighted by molar-refractivity contribution is -0.122. The van der Waals surface area contributed by atoms with Crippen LogP contribution >= 0.6 is 11.3 Å². The van der Waals surface area contributed by atoms with Crippen molar-refractivity contribution in [1.29, 1.82) is 0 Å². The summed E-state index contributed by atoms with van der Waals surface area (Å²) >= 11 is 1.62. The molecule has 140 valence electrons. The van der Waals surface area contributed by atoms with Crippen molar-refractivity contribution in [2.75, 3.05) is 26.9 Å². The Labute approximate surface area is 157 Å². The van der Waals surface area contributed by atoms with Crippen molar-refractivity contribution in [3.63, 3.8) is 0 Å². The molecular weight excluding hydrogens is 350 g/mol. The van der Waals surface area contributed by atoms with Crippen molar-refractivity contribution in [3.05, 3.63) is 34.8 Å². The van der Waals surface area contributed by atoms with E-state index in [-0.39, 0.29) is 18.0 Å². The zero-order valence-electron chi connectivity index (χ0n) is 15.4. The minimum atomic E-state index is -0.0727. The molecule has 6 nitrogen and oxygen atoms in total. The zero-order chi connectivity index (χ0) is 18.5. The molecule has 7 heteroatoms. The molecule has 1 saturated heterocycles. The molecule has 2 atom stereocenters. The first-order valence-corrected chi connectivity index (χ1v) is 9.60. The van der Waals surface area contributed by atoms with Gasteiger partial charge >= 0.3 is 0 Å². The van der Waals surface area contributed by atoms with Gasteiger partial charge in [0, 0.05) is 24.6 Å². The maximum absolute atomic E-state index is 12.3. The van der Waals surface area contributed by atoms with Gasteiger partial charge in [-0.05, 0) is 38.1 Å². The third-order valence-corrected chi connectivity index (χ3v) is 5.76. The minimum absolute atomic E-state index is 0.0271. The lowest BCUT2D eigenvalue weighted by Crippen LogP contribution is -2.44. The summed E-state index contributed by atoms with van der Waals surface area (Å²) in [6.07, 6.45) is 0.424. The molecule has 1 amide bonds. The molecule has 3 rings (SSSR count). The minimum Gasteiger partial charge on any atom is -0.497 e. The van der Waals surface area contributed by atoms with Crippen molar-refractivity contribution in [2.24, 2.45) is 0 Å². The predicted octanol–water partition coefficient (Wildman–Crippen LogP) is 2.68. The molecule has 2 unspecified atom stereocenters. The van der Waals surface area contributed by atoms with Crippen molar-refractivity contribution in [1.82, 2.24) is 15.6 Å². The van der Waals surface area contributed by atoms with Crippen LogP contribution in [0.2, 0.25) is 0 Å². The van der Waals surface area contributed by atoms with Gasteiger partial charge in [-0.3, -0.25) is 4.79 Å². The Morgan fingerprint density at radius 2 is 2.23 bits per heavy atom. The van der Waals surface area contributed by atoms with E-state index in [0.717, 1.165) is 33.4 Å². The highest BCUT2D eigenvalue weighted by Crippen LogP contribution is 2.32. The summed E-state index contributed by atoms with van der Waals surface area (Å²) in [5, 5.41) is 7.33. The van der Waals surface area contributed by atoms with Gasteiger partial charge in [-0.1, -0.05) is 0 Å². The maximum atomic E-state index is 12.3. The van der Waals surface area contributed by atoms with Crippen LogP contribution in [-0.2, 0) is 9.53 Å². The van der Waals surface area contributed by atoms with Crippen molar-refractivity contribution >= 4 is 17.2 Å². The van der Waals surface area contributed by atoms with Gasteiger partial charge in [0.05, 0.1) is 36.9 Å². The van der Waals surface area contributed by atoms with Crippen LogP contribution in [0.4, 0.5) is 0 Å². The lowest BCUT2D eigenvalue weighted by Gasteiger charge is -2.24. The fourth-order valence-corrected chi connectivity index (χ4v) is 4.08. The molecule has 26 heavy (non-hydrogen) atoms. The third kappa shape index (κ3) is 4.60. The molecule has 1 aliphatic heterocycles. The number of aromatic nitrogens is 1. The summed E-state index contributed by atoms with van der Waals surface area (Å²) in [6.45, 7) is 6.08. The summed E-state index contributed by atoms with van der Waals surface area (Å²) in [5.41, 5.74) is 2.00. The van der Waals surface area contributed by atoms with E-state index >= 15 is 0 Å². The number of rotatable bonds is 6. The predicted molar refractivity (Wildman–Crippen MR) is 103 cm³/mol. The molecule has 1 aromatic carbocycles. The Morgan fingerprint density at radius 3 is 2.88 bits per heavy atom. The largest absolute Gasteiger partial charge is 0.497 e. The Hall–Kier alpha value is -1.96. The standard InChI is InChI=1S/C19H25N3O3S/c1-12(21-17(23)10-15-11-25-9-8-20-15)18-13(2)22-19(26-18)14-4-6-16(24-3)7-5-14/h4-7,12,15,20H,8-11H2,1-3H3,(H,21,23). The lowest BCUT2D eigenvalue weighted by atomic mass is 10.1. The monoisotopic (exact) mass is 375 g/mol. The quantitative estimate of drug-likeness (QED) is 0.812. The topological polar surface area (TPSA) is 72.5 Å². The fraction of sp³-hybridized carbons (Fsp3) is 0.474. The Balaban J connectivity index is 1.64. The summed E-state index contributed by atoms with van der Waals surface area (Å²) in [6, 6.07) is 7.87. The van der Waals surface area contributed by atoms with Crippen LogP contribution in [0.25, 0.3) is 10.6 Å². The number of hydrogen-bond acceptors (Lipinski definition) is 6. The number of nitrogens with zero attached hydrogens (tertiary/aromatic N) is 1. The van der Waals surface area contributed by atoms with Crippen molar-refractivity contribution < 1.29 is 14.3 Å². The highest BCUT2D eigenvalue weighted by Gasteiger charge is 2.21. The van der Waals surface area contributed by atoms with Crippen LogP contribution in [0.3, 0.4) is 0 Å². The molecule has 0 saturated carbocycles. The smallest absolute Gasteiger partial charge is 0.222 e. The highest BCUT2D eigenvalue weighted by atomic mass is 32.1. The Morgan fingerprint density at radius 1 is 1.46 bits per heavy atom. The summed E-state index contributed by atoms with van der Waals surface area (Å²) < 4.78 is 10.6. The van der Waals surface area contributed by atoms with Gasteiger partial charge in [0.2, 0.25) is 5.91 Å². The van der Waals surface area contributed by atoms with Crippen molar-refractivity contribution in [3.8, 4) is 16.3 Å². The second kappa shape index (κ2) is 8.62. The van der Waals surface area contributed by atoms with Gasteiger partial charge in [0.1, 0.15) is 10.8 Å². The van der Waals surface area contributed by atoms with Crippen LogP contribution in [0.5, 0.6) is 5.75 Å². The molecule has 2 N–H and O–H groups in total. The number of morpholine rings is 1. The molecule has 0 spiro atoms. The van der Waals surface area contributed by atoms with Gasteiger partial charge in [0.15, 0.2) is 0 Å². The first kappa shape index (κ1) is 18.8. The molecule has 0 aliphatic carbocycles. The van der Waals surface area contributed by atoms with E-state index in [0.29, 0.717) is 19.6 Å². The van der Waals surface area contributed by atoms with E-state index in [1.165, 1.54) is 0 Å². The number of thiazole rings is 1. The molecule has 1 fully saturated rings. The van der Waals surface area contributed by atoms with Gasteiger partial charge in [-0.2, -0.15) is 0 Å². The number of carbonyl (C=O) groups excluding carboxylic acids is 1. The van der Waals surface area contributed by atoms with Gasteiger partial charge in [-0.15, -0.1) is 11.3 Å². The molecule has 2 aromatic rings. The second-order valence-corrected chi connectivity index (χ2v) is 7.45. The summed E-state index contributed by atoms with van der Waals surface area (Å²) in [4.78, 5) is 18.1. The van der Waals surface area contributed by atoms with E-state index in [2.05, 4.69) is 15.6 Å². The highest BCUT2D eigenvalue weighted by molar-refractivity contribution is 7.15. The molecule has 1 aromatic heterocycles. The van der Waals surface area contributed by atoms with Crippen LogP contribution in [0, 0.1) is 6.92 Å². The second-order valence-electron chi connectivity index (χ2n) is 6.42. The molecular formula is C19H25N3O3S. The number of hydrogen-bond donors (Lipinski definition) is 2. The molecule has 0 bridgehead atoms. The van der Waals surface area contributed by atoms with Crippen LogP contribution < -0.4 is 15.4 Å². The summed E-state index contributed by atoms with van der Waals surface area (Å²) in [5.74, 6) is 0.850. The van der Waals surface area contributed by atoms with Gasteiger partial charge in [0.25, 0.3) is 0 Å². The number of methoxy groups -OCH3 is 1. The number of amides is 1. The first-order chi connectivity index (χ1) is 12.6. The van der Waals surface area contributed by atoms with E-state index in [1.54, 1.807) is 18.4 Å². The first-order valence-electron chi connectivity index (χ1n) is 8.79. The third-order valence-electron chi connectivity index (χ3n) is 4.37. The van der Waals surface area contributed by atoms with Gasteiger partial charge < -0.3 is 20.1 Å². The zero-order valence-corrected chi connectivity index (χ0v) is 16.2. The number of aryl methyl sites for hydroxylation is 1. The van der Waals surface area contributed by atoms with E-state index in [1.807, 2.05) is 38.1 Å². The Kier molecular flexibility index (Phi) is 6.24. The van der Waals surface area contributed by atoms with Crippen LogP contribution in [0.1, 0.15) is 30.0 Å². The number of ether oxygens (including phenoxy) is 2. The van der Waals surface area contributed by atoms with E-state index in [9.17, 15) is 4.79 Å². The number of benzene rings is 1. The Bertz CT molecular complexity index is 739. The SMILES string of the molecule is COc1ccc(-c2nc(C)c(C(C)NC(=O)CC3COCCN3)s2)cc1. The number of nitrogens with one attached hydrogen (secondary N) is 2. The van der Waals surface area contributed by atoms with Crippen LogP contribution in [0.15, 0.2) is 24.3 Å². The van der Waals surface area contributed by atoms with Gasteiger partial charge in [-0.25, -0.2) is 4.98 Å². The molecule has 0 radical (unpaired) electrons. The average molecular weight is 375 g/mol. The average Bonchev–Trinajstić information content (AvgIpc) is 3.04. The van der Waals surface area contributed by atoms with Crippen LogP contribution in [-0.4, -0.2) is 43.8 Å². The van der Waals surface area contributed by atoms with E-state index < -0.39 is 0 Å². The summed E-state index contributed by atoms with van der Waals surface area (Å²) in [7, 11) is 1.65. The molecule has 2 heterocycles. The van der Waals surface area contributed by atoms with Crippen molar-refractivity contribution in [2.45, 2.75) is 32.4 Å². The van der Waals surface area contributed by atoms with E-state index in [4.69, 9.17) is 9.47 Å². The fourth-order valence-electron chi connectivity index (χ4n) is 3.01. The maximum Gasteiger partial charge on any atom is 0.222 e. The number of carbonyl (C=O) groups is 1.